The number of hydrogen-bond donors (Lipinski definition) is 1. The Kier molecular flexibility index (Phi) is 4.53. The predicted molar refractivity (Wildman–Crippen MR) is 91.3 cm³/mol. The molecule has 0 radical (unpaired) electrons. The minimum atomic E-state index is -0.463. The molecule has 3 rings (SSSR count). The SMILES string of the molecule is COC(=O)c1cccc(NC(=O)C2=Cc3cc(Cl)ccc3OC2)c1. The lowest BCUT2D eigenvalue weighted by atomic mass is 10.1. The highest BCUT2D eigenvalue weighted by Crippen LogP contribution is 2.29. The maximum atomic E-state index is 12.4. The molecule has 0 bridgehead atoms. The molecule has 1 N–H and O–H groups in total. The fourth-order valence-electron chi connectivity index (χ4n) is 2.33. The zero-order chi connectivity index (χ0) is 17.1. The largest absolute Gasteiger partial charge is 0.488 e. The van der Waals surface area contributed by atoms with Crippen molar-refractivity contribution in [3.63, 3.8) is 0 Å². The number of anilines is 1. The van der Waals surface area contributed by atoms with E-state index in [9.17, 15) is 9.59 Å². The van der Waals surface area contributed by atoms with Crippen molar-refractivity contribution in [1.29, 1.82) is 0 Å². The molecule has 0 atom stereocenters. The number of amides is 1. The van der Waals surface area contributed by atoms with Crippen molar-refractivity contribution >= 4 is 35.2 Å². The number of fused-ring (bicyclic) bond motifs is 1. The molecule has 0 saturated carbocycles. The van der Waals surface area contributed by atoms with Crippen LogP contribution in [0.25, 0.3) is 6.08 Å². The van der Waals surface area contributed by atoms with E-state index < -0.39 is 5.97 Å². The van der Waals surface area contributed by atoms with Crippen molar-refractivity contribution in [1.82, 2.24) is 0 Å². The van der Waals surface area contributed by atoms with Crippen LogP contribution >= 0.6 is 11.6 Å². The van der Waals surface area contributed by atoms with Gasteiger partial charge in [0.1, 0.15) is 12.4 Å². The van der Waals surface area contributed by atoms with Gasteiger partial charge in [-0.25, -0.2) is 4.79 Å². The van der Waals surface area contributed by atoms with Crippen LogP contribution < -0.4 is 10.1 Å². The molecular formula is C18H14ClNO4. The van der Waals surface area contributed by atoms with Crippen LogP contribution in [0.5, 0.6) is 5.75 Å². The summed E-state index contributed by atoms with van der Waals surface area (Å²) in [5.74, 6) is -0.0823. The lowest BCUT2D eigenvalue weighted by molar-refractivity contribution is -0.113. The van der Waals surface area contributed by atoms with Gasteiger partial charge in [-0.3, -0.25) is 4.79 Å². The second-order valence-corrected chi connectivity index (χ2v) is 5.60. The summed E-state index contributed by atoms with van der Waals surface area (Å²) in [7, 11) is 1.31. The zero-order valence-corrected chi connectivity index (χ0v) is 13.6. The smallest absolute Gasteiger partial charge is 0.337 e. The van der Waals surface area contributed by atoms with Gasteiger partial charge in [0.2, 0.25) is 0 Å². The van der Waals surface area contributed by atoms with E-state index in [2.05, 4.69) is 10.1 Å². The van der Waals surface area contributed by atoms with Gasteiger partial charge in [0, 0.05) is 16.3 Å². The molecule has 0 unspecified atom stereocenters. The van der Waals surface area contributed by atoms with E-state index in [0.29, 0.717) is 27.6 Å². The molecule has 0 aliphatic carbocycles. The Labute approximate surface area is 143 Å². The summed E-state index contributed by atoms with van der Waals surface area (Å²) < 4.78 is 10.2. The van der Waals surface area contributed by atoms with Gasteiger partial charge < -0.3 is 14.8 Å². The summed E-state index contributed by atoms with van der Waals surface area (Å²) in [5, 5.41) is 3.32. The van der Waals surface area contributed by atoms with Gasteiger partial charge in [0.05, 0.1) is 18.2 Å². The second-order valence-electron chi connectivity index (χ2n) is 5.17. The van der Waals surface area contributed by atoms with Crippen molar-refractivity contribution in [2.24, 2.45) is 0 Å². The maximum Gasteiger partial charge on any atom is 0.337 e. The monoisotopic (exact) mass is 343 g/mol. The fraction of sp³-hybridized carbons (Fsp3) is 0.111. The first-order chi connectivity index (χ1) is 11.6. The molecule has 5 nitrogen and oxygen atoms in total. The molecule has 2 aromatic rings. The van der Waals surface area contributed by atoms with E-state index >= 15 is 0 Å². The molecular weight excluding hydrogens is 330 g/mol. The van der Waals surface area contributed by atoms with E-state index in [1.54, 1.807) is 48.5 Å². The number of rotatable bonds is 3. The molecule has 1 aliphatic heterocycles. The van der Waals surface area contributed by atoms with Crippen molar-refractivity contribution in [2.75, 3.05) is 19.0 Å². The van der Waals surface area contributed by atoms with Gasteiger partial charge in [-0.2, -0.15) is 0 Å². The number of hydrogen-bond acceptors (Lipinski definition) is 4. The molecule has 6 heteroatoms. The van der Waals surface area contributed by atoms with Gasteiger partial charge in [0.25, 0.3) is 5.91 Å². The summed E-state index contributed by atoms with van der Waals surface area (Å²) >= 11 is 5.97. The van der Waals surface area contributed by atoms with Crippen LogP contribution in [-0.2, 0) is 9.53 Å². The highest BCUT2D eigenvalue weighted by atomic mass is 35.5. The maximum absolute atomic E-state index is 12.4. The lowest BCUT2D eigenvalue weighted by Crippen LogP contribution is -2.21. The average Bonchev–Trinajstić information content (AvgIpc) is 2.60. The Morgan fingerprint density at radius 3 is 2.83 bits per heavy atom. The van der Waals surface area contributed by atoms with Crippen molar-refractivity contribution in [3.8, 4) is 5.75 Å². The number of halogens is 1. The van der Waals surface area contributed by atoms with Crippen molar-refractivity contribution < 1.29 is 19.1 Å². The Morgan fingerprint density at radius 1 is 1.21 bits per heavy atom. The normalized spacial score (nSPS) is 12.5. The van der Waals surface area contributed by atoms with E-state index in [1.165, 1.54) is 7.11 Å². The third kappa shape index (κ3) is 3.41. The fourth-order valence-corrected chi connectivity index (χ4v) is 2.51. The summed E-state index contributed by atoms with van der Waals surface area (Å²) in [6, 6.07) is 11.8. The number of nitrogens with one attached hydrogen (secondary N) is 1. The van der Waals surface area contributed by atoms with Crippen LogP contribution in [0, 0.1) is 0 Å². The van der Waals surface area contributed by atoms with E-state index in [0.717, 1.165) is 5.56 Å². The number of esters is 1. The molecule has 24 heavy (non-hydrogen) atoms. The quantitative estimate of drug-likeness (QED) is 0.866. The first-order valence-corrected chi connectivity index (χ1v) is 7.57. The lowest BCUT2D eigenvalue weighted by Gasteiger charge is -2.18. The molecule has 0 fully saturated rings. The molecule has 122 valence electrons. The average molecular weight is 344 g/mol. The summed E-state index contributed by atoms with van der Waals surface area (Å²) in [6.45, 7) is 0.164. The third-order valence-electron chi connectivity index (χ3n) is 3.52. The first-order valence-electron chi connectivity index (χ1n) is 7.19. The summed E-state index contributed by atoms with van der Waals surface area (Å²) in [5.41, 5.74) is 2.08. The molecule has 1 aliphatic rings. The van der Waals surface area contributed by atoms with Gasteiger partial charge in [0.15, 0.2) is 0 Å². The molecule has 0 spiro atoms. The standard InChI is InChI=1S/C18H14ClNO4/c1-23-18(22)11-3-2-4-15(9-11)20-17(21)13-7-12-8-14(19)5-6-16(12)24-10-13/h2-9H,10H2,1H3,(H,20,21). The van der Waals surface area contributed by atoms with Crippen LogP contribution in [-0.4, -0.2) is 25.6 Å². The Hall–Kier alpha value is -2.79. The number of ether oxygens (including phenoxy) is 2. The molecule has 1 amide bonds. The van der Waals surface area contributed by atoms with Gasteiger partial charge in [-0.15, -0.1) is 0 Å². The van der Waals surface area contributed by atoms with Crippen LogP contribution in [0.2, 0.25) is 5.02 Å². The van der Waals surface area contributed by atoms with Gasteiger partial charge >= 0.3 is 5.97 Å². The van der Waals surface area contributed by atoms with E-state index in [-0.39, 0.29) is 12.5 Å². The second kappa shape index (κ2) is 6.76. The number of methoxy groups -OCH3 is 1. The van der Waals surface area contributed by atoms with Crippen LogP contribution in [0.15, 0.2) is 48.0 Å². The highest BCUT2D eigenvalue weighted by Gasteiger charge is 2.18. The number of carbonyl (C=O) groups is 2. The Bertz CT molecular complexity index is 845. The first kappa shape index (κ1) is 16.1. The van der Waals surface area contributed by atoms with Crippen LogP contribution in [0.4, 0.5) is 5.69 Å². The van der Waals surface area contributed by atoms with E-state index in [1.807, 2.05) is 0 Å². The molecule has 1 heterocycles. The Balaban J connectivity index is 1.80. The minimum Gasteiger partial charge on any atom is -0.488 e. The van der Waals surface area contributed by atoms with Crippen LogP contribution in [0.3, 0.4) is 0 Å². The number of carbonyl (C=O) groups excluding carboxylic acids is 2. The third-order valence-corrected chi connectivity index (χ3v) is 3.75. The molecule has 0 saturated heterocycles. The molecule has 2 aromatic carbocycles. The number of benzene rings is 2. The van der Waals surface area contributed by atoms with Crippen molar-refractivity contribution in [2.45, 2.75) is 0 Å². The van der Waals surface area contributed by atoms with Crippen molar-refractivity contribution in [3.05, 3.63) is 64.2 Å². The summed E-state index contributed by atoms with van der Waals surface area (Å²) in [6.07, 6.45) is 1.74. The van der Waals surface area contributed by atoms with E-state index in [4.69, 9.17) is 16.3 Å². The predicted octanol–water partition coefficient (Wildman–Crippen LogP) is 3.54. The Morgan fingerprint density at radius 2 is 2.04 bits per heavy atom. The van der Waals surface area contributed by atoms with Crippen LogP contribution in [0.1, 0.15) is 15.9 Å². The summed E-state index contributed by atoms with van der Waals surface area (Å²) in [4.78, 5) is 23.9. The zero-order valence-electron chi connectivity index (χ0n) is 12.8. The minimum absolute atomic E-state index is 0.164. The van der Waals surface area contributed by atoms with Gasteiger partial charge in [-0.05, 0) is 42.5 Å². The molecule has 0 aromatic heterocycles. The van der Waals surface area contributed by atoms with Gasteiger partial charge in [-0.1, -0.05) is 17.7 Å². The topological polar surface area (TPSA) is 64.6 Å². The highest BCUT2D eigenvalue weighted by molar-refractivity contribution is 6.30.